The fourth-order valence-corrected chi connectivity index (χ4v) is 4.21. The SMILES string of the molecule is CC(Cc1ccccc1)(C(N=C=S)N(CCN(CC(=O)O)CC(=O)O)CC(=O)O)N(CC(=O)O)CC(=O)O. The summed E-state index contributed by atoms with van der Waals surface area (Å²) in [6, 6.07) is 8.63. The van der Waals surface area contributed by atoms with Gasteiger partial charge in [-0.2, -0.15) is 0 Å². The van der Waals surface area contributed by atoms with E-state index in [1.54, 1.807) is 30.3 Å². The monoisotopic (exact) mass is 554 g/mol. The minimum absolute atomic E-state index is 0.0175. The van der Waals surface area contributed by atoms with Gasteiger partial charge in [-0.3, -0.25) is 38.7 Å². The van der Waals surface area contributed by atoms with Crippen molar-refractivity contribution in [1.82, 2.24) is 14.7 Å². The van der Waals surface area contributed by atoms with Gasteiger partial charge in [0.1, 0.15) is 6.17 Å². The van der Waals surface area contributed by atoms with E-state index in [4.69, 9.17) is 22.4 Å². The second-order valence-corrected chi connectivity index (χ2v) is 8.80. The van der Waals surface area contributed by atoms with Crippen LogP contribution in [-0.4, -0.2) is 133 Å². The van der Waals surface area contributed by atoms with E-state index < -0.39 is 74.3 Å². The van der Waals surface area contributed by atoms with Crippen molar-refractivity contribution in [3.63, 3.8) is 0 Å². The standard InChI is InChI=1S/C23H30N4O10S/c1-23(9-16-5-3-2-4-6-16,27(13-20(34)35)14-21(36)37)22(24-15-38)26(12-19(32)33)8-7-25(10-17(28)29)11-18(30)31/h2-6,22H,7-14H2,1H3,(H,28,29)(H,30,31)(H,32,33)(H,34,35)(H,36,37). The Hall–Kier alpha value is -3.75. The van der Waals surface area contributed by atoms with Crippen LogP contribution in [0.1, 0.15) is 12.5 Å². The number of hydrogen-bond donors (Lipinski definition) is 5. The molecule has 1 aromatic rings. The molecule has 1 aromatic carbocycles. The summed E-state index contributed by atoms with van der Waals surface area (Å²) in [5.41, 5.74) is -0.821. The highest BCUT2D eigenvalue weighted by molar-refractivity contribution is 7.78. The Labute approximate surface area is 223 Å². The second-order valence-electron chi connectivity index (χ2n) is 8.62. The summed E-state index contributed by atoms with van der Waals surface area (Å²) >= 11 is 4.80. The molecule has 2 unspecified atom stereocenters. The number of carbonyl (C=O) groups is 5. The lowest BCUT2D eigenvalue weighted by Crippen LogP contribution is -2.64. The first kappa shape index (κ1) is 32.3. The average molecular weight is 555 g/mol. The van der Waals surface area contributed by atoms with Crippen LogP contribution in [0.4, 0.5) is 0 Å². The van der Waals surface area contributed by atoms with E-state index in [0.717, 1.165) is 9.80 Å². The maximum absolute atomic E-state index is 11.8. The zero-order valence-corrected chi connectivity index (χ0v) is 21.4. The Bertz CT molecular complexity index is 1020. The Morgan fingerprint density at radius 1 is 0.816 bits per heavy atom. The summed E-state index contributed by atoms with van der Waals surface area (Å²) in [5.74, 6) is -6.59. The minimum atomic E-state index is -1.48. The van der Waals surface area contributed by atoms with E-state index in [1.807, 2.05) is 0 Å². The van der Waals surface area contributed by atoms with Gasteiger partial charge < -0.3 is 25.5 Å². The van der Waals surface area contributed by atoms with Crippen molar-refractivity contribution < 1.29 is 49.5 Å². The molecule has 0 spiro atoms. The molecule has 0 saturated carbocycles. The number of benzene rings is 1. The first-order valence-corrected chi connectivity index (χ1v) is 11.6. The summed E-state index contributed by atoms with van der Waals surface area (Å²) in [5, 5.41) is 49.1. The second kappa shape index (κ2) is 15.5. The molecule has 38 heavy (non-hydrogen) atoms. The van der Waals surface area contributed by atoms with Gasteiger partial charge in [0, 0.05) is 13.1 Å². The molecule has 0 aromatic heterocycles. The van der Waals surface area contributed by atoms with Gasteiger partial charge in [-0.15, -0.1) is 0 Å². The molecule has 0 bridgehead atoms. The van der Waals surface area contributed by atoms with Crippen LogP contribution >= 0.6 is 12.2 Å². The third kappa shape index (κ3) is 11.1. The van der Waals surface area contributed by atoms with Crippen molar-refractivity contribution in [2.75, 3.05) is 45.8 Å². The van der Waals surface area contributed by atoms with Crippen LogP contribution in [0.5, 0.6) is 0 Å². The number of aliphatic imine (C=N–C) groups is 1. The van der Waals surface area contributed by atoms with Crippen LogP contribution < -0.4 is 0 Å². The number of aliphatic carboxylic acids is 5. The van der Waals surface area contributed by atoms with Gasteiger partial charge in [-0.05, 0) is 31.1 Å². The molecule has 0 radical (unpaired) electrons. The molecule has 14 nitrogen and oxygen atoms in total. The number of carboxylic acid groups (broad SMARTS) is 5. The number of rotatable bonds is 19. The molecule has 0 aliphatic rings. The van der Waals surface area contributed by atoms with Crippen LogP contribution in [0.25, 0.3) is 0 Å². The van der Waals surface area contributed by atoms with Crippen molar-refractivity contribution in [1.29, 1.82) is 0 Å². The predicted molar refractivity (Wildman–Crippen MR) is 135 cm³/mol. The third-order valence-electron chi connectivity index (χ3n) is 5.62. The average Bonchev–Trinajstić information content (AvgIpc) is 2.78. The minimum Gasteiger partial charge on any atom is -0.480 e. The fraction of sp³-hybridized carbons (Fsp3) is 0.478. The van der Waals surface area contributed by atoms with Crippen molar-refractivity contribution in [2.24, 2.45) is 4.99 Å². The van der Waals surface area contributed by atoms with E-state index in [1.165, 1.54) is 11.8 Å². The topological polar surface area (TPSA) is 209 Å². The summed E-state index contributed by atoms with van der Waals surface area (Å²) in [6.07, 6.45) is -1.25. The largest absolute Gasteiger partial charge is 0.480 e. The first-order valence-electron chi connectivity index (χ1n) is 11.2. The number of thiocarbonyl (C=S) groups is 1. The number of isothiocyanates is 1. The molecule has 0 aliphatic heterocycles. The maximum atomic E-state index is 11.8. The van der Waals surface area contributed by atoms with Gasteiger partial charge in [-0.25, -0.2) is 4.99 Å². The Morgan fingerprint density at radius 2 is 1.29 bits per heavy atom. The van der Waals surface area contributed by atoms with Crippen LogP contribution in [0.2, 0.25) is 0 Å². The van der Waals surface area contributed by atoms with Gasteiger partial charge in [0.25, 0.3) is 0 Å². The van der Waals surface area contributed by atoms with Crippen molar-refractivity contribution >= 4 is 47.2 Å². The van der Waals surface area contributed by atoms with Crippen molar-refractivity contribution in [3.8, 4) is 0 Å². The van der Waals surface area contributed by atoms with Gasteiger partial charge in [-0.1, -0.05) is 30.3 Å². The Kier molecular flexibility index (Phi) is 13.2. The van der Waals surface area contributed by atoms with Gasteiger partial charge in [0.15, 0.2) is 0 Å². The Balaban J connectivity index is 3.63. The fourth-order valence-electron chi connectivity index (χ4n) is 4.11. The highest BCUT2D eigenvalue weighted by atomic mass is 32.1. The summed E-state index contributed by atoms with van der Waals surface area (Å²) in [7, 11) is 0. The van der Waals surface area contributed by atoms with Crippen LogP contribution in [-0.2, 0) is 30.4 Å². The smallest absolute Gasteiger partial charge is 0.317 e. The molecule has 5 N–H and O–H groups in total. The van der Waals surface area contributed by atoms with Gasteiger partial charge >= 0.3 is 29.8 Å². The summed E-state index contributed by atoms with van der Waals surface area (Å²) in [6.45, 7) is -2.34. The third-order valence-corrected chi connectivity index (χ3v) is 5.72. The predicted octanol–water partition coefficient (Wildman–Crippen LogP) is -0.254. The number of nitrogens with zero attached hydrogens (tertiary/aromatic N) is 4. The lowest BCUT2D eigenvalue weighted by molar-refractivity contribution is -0.148. The molecular formula is C23H30N4O10S. The zero-order chi connectivity index (χ0) is 28.9. The summed E-state index contributed by atoms with van der Waals surface area (Å²) in [4.78, 5) is 65.2. The van der Waals surface area contributed by atoms with Gasteiger partial charge in [0.05, 0.1) is 43.4 Å². The highest BCUT2D eigenvalue weighted by Gasteiger charge is 2.45. The molecule has 0 amide bonds. The Morgan fingerprint density at radius 3 is 1.71 bits per heavy atom. The molecule has 15 heteroatoms. The molecule has 2 atom stereocenters. The van der Waals surface area contributed by atoms with Crippen LogP contribution in [0.15, 0.2) is 35.3 Å². The molecule has 0 aliphatic carbocycles. The molecule has 1 rings (SSSR count). The van der Waals surface area contributed by atoms with E-state index in [0.29, 0.717) is 5.56 Å². The lowest BCUT2D eigenvalue weighted by Gasteiger charge is -2.47. The zero-order valence-electron chi connectivity index (χ0n) is 20.6. The van der Waals surface area contributed by atoms with Crippen molar-refractivity contribution in [3.05, 3.63) is 35.9 Å². The van der Waals surface area contributed by atoms with E-state index in [9.17, 15) is 39.3 Å². The lowest BCUT2D eigenvalue weighted by atomic mass is 9.86. The van der Waals surface area contributed by atoms with Crippen molar-refractivity contribution in [2.45, 2.75) is 25.0 Å². The van der Waals surface area contributed by atoms with E-state index in [-0.39, 0.29) is 19.5 Å². The quantitative estimate of drug-likeness (QED) is 0.110. The highest BCUT2D eigenvalue weighted by Crippen LogP contribution is 2.29. The van der Waals surface area contributed by atoms with Crippen LogP contribution in [0, 0.1) is 0 Å². The molecule has 0 heterocycles. The van der Waals surface area contributed by atoms with Crippen LogP contribution in [0.3, 0.4) is 0 Å². The molecular weight excluding hydrogens is 524 g/mol. The summed E-state index contributed by atoms with van der Waals surface area (Å²) < 4.78 is 0. The number of hydrogen-bond acceptors (Lipinski definition) is 10. The first-order chi connectivity index (χ1) is 17.8. The molecule has 0 saturated heterocycles. The van der Waals surface area contributed by atoms with E-state index in [2.05, 4.69) is 10.2 Å². The van der Waals surface area contributed by atoms with Gasteiger partial charge in [0.2, 0.25) is 0 Å². The maximum Gasteiger partial charge on any atom is 0.317 e. The van der Waals surface area contributed by atoms with E-state index >= 15 is 0 Å². The molecule has 208 valence electrons. The molecule has 0 fully saturated rings. The normalized spacial score (nSPS) is 13.5. The number of carboxylic acids is 5.